The Morgan fingerprint density at radius 1 is 0.964 bits per heavy atom. The third-order valence-corrected chi connectivity index (χ3v) is 3.60. The molecule has 0 heterocycles. The van der Waals surface area contributed by atoms with E-state index in [2.05, 4.69) is 10.1 Å². The van der Waals surface area contributed by atoms with Gasteiger partial charge in [-0.05, 0) is 35.9 Å². The molecule has 0 saturated carbocycles. The molecule has 9 heteroatoms. The smallest absolute Gasteiger partial charge is 0.416 e. The van der Waals surface area contributed by atoms with Gasteiger partial charge < -0.3 is 14.8 Å². The lowest BCUT2D eigenvalue weighted by atomic mass is 10.1. The van der Waals surface area contributed by atoms with Gasteiger partial charge in [0.1, 0.15) is 0 Å². The number of methoxy groups -OCH3 is 1. The molecule has 0 atom stereocenters. The van der Waals surface area contributed by atoms with E-state index in [1.54, 1.807) is 0 Å². The van der Waals surface area contributed by atoms with E-state index in [4.69, 9.17) is 4.74 Å². The average molecular weight is 395 g/mol. The lowest BCUT2D eigenvalue weighted by Gasteiger charge is -2.10. The van der Waals surface area contributed by atoms with Crippen LogP contribution >= 0.6 is 0 Å². The van der Waals surface area contributed by atoms with Crippen LogP contribution in [0.4, 0.5) is 13.2 Å². The van der Waals surface area contributed by atoms with Crippen molar-refractivity contribution in [2.24, 2.45) is 0 Å². The Hall–Kier alpha value is -3.36. The number of benzene rings is 2. The maximum Gasteiger partial charge on any atom is 0.416 e. The molecule has 2 rings (SSSR count). The van der Waals surface area contributed by atoms with Gasteiger partial charge in [-0.2, -0.15) is 13.2 Å². The first kappa shape index (κ1) is 20.9. The summed E-state index contributed by atoms with van der Waals surface area (Å²) in [6.07, 6.45) is -4.48. The van der Waals surface area contributed by atoms with Crippen LogP contribution in [0.3, 0.4) is 0 Å². The minimum absolute atomic E-state index is 0.0496. The molecule has 6 nitrogen and oxygen atoms in total. The van der Waals surface area contributed by atoms with Gasteiger partial charge in [-0.25, -0.2) is 9.59 Å². The molecule has 0 saturated heterocycles. The molecule has 0 bridgehead atoms. The van der Waals surface area contributed by atoms with Crippen LogP contribution in [0.2, 0.25) is 0 Å². The summed E-state index contributed by atoms with van der Waals surface area (Å²) in [6, 6.07) is 10.1. The fourth-order valence-corrected chi connectivity index (χ4v) is 2.21. The summed E-state index contributed by atoms with van der Waals surface area (Å²) in [5, 5.41) is 2.37. The Morgan fingerprint density at radius 2 is 1.61 bits per heavy atom. The summed E-state index contributed by atoms with van der Waals surface area (Å²) in [4.78, 5) is 35.2. The van der Waals surface area contributed by atoms with Crippen molar-refractivity contribution < 1.29 is 37.0 Å². The Morgan fingerprint density at radius 3 is 2.25 bits per heavy atom. The fraction of sp³-hybridized carbons (Fsp3) is 0.211. The van der Waals surface area contributed by atoms with Crippen LogP contribution in [0.25, 0.3) is 0 Å². The molecule has 0 fully saturated rings. The molecule has 0 aliphatic rings. The minimum atomic E-state index is -4.48. The van der Waals surface area contributed by atoms with Crippen LogP contribution in [0.1, 0.15) is 31.8 Å². The number of rotatable bonds is 6. The van der Waals surface area contributed by atoms with Crippen LogP contribution in [0, 0.1) is 0 Å². The van der Waals surface area contributed by atoms with Crippen molar-refractivity contribution in [3.63, 3.8) is 0 Å². The van der Waals surface area contributed by atoms with Gasteiger partial charge in [0.25, 0.3) is 5.91 Å². The molecule has 148 valence electrons. The maximum atomic E-state index is 12.7. The first-order valence-corrected chi connectivity index (χ1v) is 7.99. The van der Waals surface area contributed by atoms with E-state index in [-0.39, 0.29) is 23.2 Å². The van der Waals surface area contributed by atoms with Gasteiger partial charge in [-0.15, -0.1) is 0 Å². The summed E-state index contributed by atoms with van der Waals surface area (Å²) in [7, 11) is 1.20. The molecule has 28 heavy (non-hydrogen) atoms. The van der Waals surface area contributed by atoms with Crippen molar-refractivity contribution in [1.82, 2.24) is 5.32 Å². The molecule has 1 N–H and O–H groups in total. The number of hydrogen-bond acceptors (Lipinski definition) is 5. The molecule has 2 aromatic carbocycles. The quantitative estimate of drug-likeness (QED) is 0.761. The largest absolute Gasteiger partial charge is 0.465 e. The highest BCUT2D eigenvalue weighted by Crippen LogP contribution is 2.29. The van der Waals surface area contributed by atoms with Crippen molar-refractivity contribution in [3.05, 3.63) is 70.8 Å². The van der Waals surface area contributed by atoms with Gasteiger partial charge in [0.05, 0.1) is 23.8 Å². The first-order valence-electron chi connectivity index (χ1n) is 7.99. The monoisotopic (exact) mass is 395 g/mol. The van der Waals surface area contributed by atoms with E-state index < -0.39 is 36.2 Å². The molecule has 0 aromatic heterocycles. The number of hydrogen-bond donors (Lipinski definition) is 1. The van der Waals surface area contributed by atoms with E-state index in [1.165, 1.54) is 43.5 Å². The molecule has 0 aliphatic heterocycles. The SMILES string of the molecule is COC(=O)c1cccc(C(=O)OCC(=O)NCc2cccc(C(F)(F)F)c2)c1. The van der Waals surface area contributed by atoms with E-state index in [0.717, 1.165) is 12.1 Å². The number of esters is 2. The number of halogens is 3. The molecular formula is C19H16F3NO5. The number of alkyl halides is 3. The Bertz CT molecular complexity index is 880. The van der Waals surface area contributed by atoms with Crippen molar-refractivity contribution >= 4 is 17.8 Å². The van der Waals surface area contributed by atoms with E-state index >= 15 is 0 Å². The highest BCUT2D eigenvalue weighted by Gasteiger charge is 2.30. The van der Waals surface area contributed by atoms with Crippen LogP contribution in [0.15, 0.2) is 48.5 Å². The van der Waals surface area contributed by atoms with Gasteiger partial charge in [0.2, 0.25) is 0 Å². The van der Waals surface area contributed by atoms with Gasteiger partial charge in [-0.3, -0.25) is 4.79 Å². The molecular weight excluding hydrogens is 379 g/mol. The van der Waals surface area contributed by atoms with Crippen molar-refractivity contribution in [1.29, 1.82) is 0 Å². The standard InChI is InChI=1S/C19H16F3NO5/c1-27-17(25)13-5-3-6-14(9-13)18(26)28-11-16(24)23-10-12-4-2-7-15(8-12)19(20,21)22/h2-9H,10-11H2,1H3,(H,23,24). The number of nitrogens with one attached hydrogen (secondary N) is 1. The molecule has 2 aromatic rings. The second-order valence-electron chi connectivity index (χ2n) is 5.62. The van der Waals surface area contributed by atoms with E-state index in [9.17, 15) is 27.6 Å². The zero-order valence-corrected chi connectivity index (χ0v) is 14.7. The first-order chi connectivity index (χ1) is 13.2. The molecule has 0 aliphatic carbocycles. The second-order valence-corrected chi connectivity index (χ2v) is 5.62. The average Bonchev–Trinajstić information content (AvgIpc) is 2.69. The topological polar surface area (TPSA) is 81.7 Å². The number of ether oxygens (including phenoxy) is 2. The summed E-state index contributed by atoms with van der Waals surface area (Å²) in [5.41, 5.74) is -0.379. The van der Waals surface area contributed by atoms with Gasteiger partial charge >= 0.3 is 18.1 Å². The van der Waals surface area contributed by atoms with Crippen molar-refractivity contribution in [2.75, 3.05) is 13.7 Å². The molecule has 0 spiro atoms. The zero-order chi connectivity index (χ0) is 20.7. The third-order valence-electron chi connectivity index (χ3n) is 3.60. The number of carbonyl (C=O) groups excluding carboxylic acids is 3. The van der Waals surface area contributed by atoms with Crippen molar-refractivity contribution in [3.8, 4) is 0 Å². The summed E-state index contributed by atoms with van der Waals surface area (Å²) in [6.45, 7) is -0.779. The maximum absolute atomic E-state index is 12.7. The predicted molar refractivity (Wildman–Crippen MR) is 91.4 cm³/mol. The predicted octanol–water partition coefficient (Wildman–Crippen LogP) is 2.97. The van der Waals surface area contributed by atoms with E-state index in [1.807, 2.05) is 0 Å². The fourth-order valence-electron chi connectivity index (χ4n) is 2.21. The van der Waals surface area contributed by atoms with Gasteiger partial charge in [0.15, 0.2) is 6.61 Å². The van der Waals surface area contributed by atoms with Gasteiger partial charge in [-0.1, -0.05) is 18.2 Å². The Balaban J connectivity index is 1.87. The van der Waals surface area contributed by atoms with Crippen LogP contribution in [-0.4, -0.2) is 31.6 Å². The lowest BCUT2D eigenvalue weighted by molar-refractivity contribution is -0.137. The van der Waals surface area contributed by atoms with Crippen molar-refractivity contribution in [2.45, 2.75) is 12.7 Å². The van der Waals surface area contributed by atoms with Crippen LogP contribution in [0.5, 0.6) is 0 Å². The molecule has 1 amide bonds. The highest BCUT2D eigenvalue weighted by atomic mass is 19.4. The number of carbonyl (C=O) groups is 3. The summed E-state index contributed by atoms with van der Waals surface area (Å²) < 4.78 is 47.4. The third kappa shape index (κ3) is 5.83. The molecule has 0 unspecified atom stereocenters. The van der Waals surface area contributed by atoms with Crippen LogP contribution < -0.4 is 5.32 Å². The molecule has 0 radical (unpaired) electrons. The minimum Gasteiger partial charge on any atom is -0.465 e. The van der Waals surface area contributed by atoms with E-state index in [0.29, 0.717) is 0 Å². The summed E-state index contributed by atoms with van der Waals surface area (Å²) in [5.74, 6) is -2.15. The summed E-state index contributed by atoms with van der Waals surface area (Å²) >= 11 is 0. The van der Waals surface area contributed by atoms with Gasteiger partial charge in [0, 0.05) is 6.54 Å². The number of amides is 1. The Labute approximate surface area is 158 Å². The zero-order valence-electron chi connectivity index (χ0n) is 14.7. The highest BCUT2D eigenvalue weighted by molar-refractivity contribution is 5.96. The van der Waals surface area contributed by atoms with Crippen LogP contribution in [-0.2, 0) is 27.0 Å². The Kier molecular flexibility index (Phi) is 6.75. The lowest BCUT2D eigenvalue weighted by Crippen LogP contribution is -2.28. The normalized spacial score (nSPS) is 10.9. The second kappa shape index (κ2) is 9.03.